The monoisotopic (exact) mass is 278 g/mol. The number of nitrogens with one attached hydrogen (secondary N) is 1. The molecule has 0 spiro atoms. The van der Waals surface area contributed by atoms with Crippen LogP contribution in [0.5, 0.6) is 0 Å². The second-order valence-corrected chi connectivity index (χ2v) is 5.04. The summed E-state index contributed by atoms with van der Waals surface area (Å²) >= 11 is 0. The second kappa shape index (κ2) is 7.03. The molecule has 110 valence electrons. The molecule has 1 unspecified atom stereocenters. The van der Waals surface area contributed by atoms with Gasteiger partial charge in [-0.3, -0.25) is 14.6 Å². The summed E-state index contributed by atoms with van der Waals surface area (Å²) in [5.74, 6) is -1.15. The van der Waals surface area contributed by atoms with E-state index in [4.69, 9.17) is 0 Å². The van der Waals surface area contributed by atoms with E-state index in [0.29, 0.717) is 12.8 Å². The standard InChI is InChI=1S/C15H22N2O3/c1-4-15(5-2,14(19)20)9-13(18)17-11(3)12-7-6-8-16-10-12/h6-8,10-11H,4-5,9H2,1-3H3,(H,17,18)(H,19,20). The van der Waals surface area contributed by atoms with Crippen LogP contribution in [0.2, 0.25) is 0 Å². The molecule has 2 N–H and O–H groups in total. The minimum Gasteiger partial charge on any atom is -0.481 e. The highest BCUT2D eigenvalue weighted by Gasteiger charge is 2.37. The molecule has 0 aliphatic rings. The Morgan fingerprint density at radius 3 is 2.50 bits per heavy atom. The van der Waals surface area contributed by atoms with Crippen molar-refractivity contribution in [3.05, 3.63) is 30.1 Å². The molecule has 0 aliphatic heterocycles. The number of rotatable bonds is 7. The van der Waals surface area contributed by atoms with E-state index in [-0.39, 0.29) is 18.4 Å². The van der Waals surface area contributed by atoms with Crippen molar-refractivity contribution in [3.8, 4) is 0 Å². The van der Waals surface area contributed by atoms with Gasteiger partial charge < -0.3 is 10.4 Å². The van der Waals surface area contributed by atoms with Crippen molar-refractivity contribution >= 4 is 11.9 Å². The average molecular weight is 278 g/mol. The fourth-order valence-corrected chi connectivity index (χ4v) is 2.19. The number of hydrogen-bond acceptors (Lipinski definition) is 3. The summed E-state index contributed by atoms with van der Waals surface area (Å²) in [4.78, 5) is 27.5. The SMILES string of the molecule is CCC(CC)(CC(=O)NC(C)c1cccnc1)C(=O)O. The molecule has 1 atom stereocenters. The lowest BCUT2D eigenvalue weighted by Crippen LogP contribution is -2.37. The lowest BCUT2D eigenvalue weighted by atomic mass is 9.79. The Labute approximate surface area is 119 Å². The van der Waals surface area contributed by atoms with Crippen LogP contribution in [0.1, 0.15) is 51.6 Å². The summed E-state index contributed by atoms with van der Waals surface area (Å²) in [5, 5.41) is 12.2. The van der Waals surface area contributed by atoms with Crippen molar-refractivity contribution in [2.45, 2.75) is 46.1 Å². The Morgan fingerprint density at radius 2 is 2.05 bits per heavy atom. The first-order valence-electron chi connectivity index (χ1n) is 6.88. The Hall–Kier alpha value is -1.91. The lowest BCUT2D eigenvalue weighted by molar-refractivity contribution is -0.152. The van der Waals surface area contributed by atoms with Gasteiger partial charge in [0.2, 0.25) is 5.91 Å². The molecule has 1 aromatic heterocycles. The Kier molecular flexibility index (Phi) is 5.67. The number of aromatic nitrogens is 1. The summed E-state index contributed by atoms with van der Waals surface area (Å²) < 4.78 is 0. The minimum absolute atomic E-state index is 0.0000640. The van der Waals surface area contributed by atoms with Gasteiger partial charge in [-0.1, -0.05) is 19.9 Å². The van der Waals surface area contributed by atoms with Crippen LogP contribution in [-0.2, 0) is 9.59 Å². The Bertz CT molecular complexity index is 455. The fraction of sp³-hybridized carbons (Fsp3) is 0.533. The number of aliphatic carboxylic acids is 1. The molecule has 1 heterocycles. The van der Waals surface area contributed by atoms with Gasteiger partial charge in [0.25, 0.3) is 0 Å². The molecule has 0 saturated heterocycles. The summed E-state index contributed by atoms with van der Waals surface area (Å²) in [7, 11) is 0. The molecule has 1 amide bonds. The van der Waals surface area contributed by atoms with Crippen molar-refractivity contribution < 1.29 is 14.7 Å². The highest BCUT2D eigenvalue weighted by molar-refractivity contribution is 5.85. The van der Waals surface area contributed by atoms with E-state index in [1.165, 1.54) is 0 Å². The Balaban J connectivity index is 2.70. The van der Waals surface area contributed by atoms with Crippen LogP contribution >= 0.6 is 0 Å². The number of carboxylic acid groups (broad SMARTS) is 1. The first kappa shape index (κ1) is 16.1. The molecule has 5 heteroatoms. The molecule has 20 heavy (non-hydrogen) atoms. The number of carboxylic acids is 1. The summed E-state index contributed by atoms with van der Waals surface area (Å²) in [5.41, 5.74) is -0.0755. The van der Waals surface area contributed by atoms with Crippen LogP contribution in [0.4, 0.5) is 0 Å². The van der Waals surface area contributed by atoms with E-state index in [2.05, 4.69) is 10.3 Å². The smallest absolute Gasteiger partial charge is 0.310 e. The number of nitrogens with zero attached hydrogens (tertiary/aromatic N) is 1. The molecular weight excluding hydrogens is 256 g/mol. The van der Waals surface area contributed by atoms with Gasteiger partial charge >= 0.3 is 5.97 Å². The molecule has 0 radical (unpaired) electrons. The van der Waals surface area contributed by atoms with Gasteiger partial charge in [0.05, 0.1) is 11.5 Å². The van der Waals surface area contributed by atoms with Crippen LogP contribution < -0.4 is 5.32 Å². The zero-order chi connectivity index (χ0) is 15.2. The molecule has 1 aromatic rings. The van der Waals surface area contributed by atoms with E-state index < -0.39 is 11.4 Å². The van der Waals surface area contributed by atoms with Crippen molar-refractivity contribution in [2.24, 2.45) is 5.41 Å². The maximum Gasteiger partial charge on any atom is 0.310 e. The van der Waals surface area contributed by atoms with Gasteiger partial charge in [-0.25, -0.2) is 0 Å². The van der Waals surface area contributed by atoms with E-state index >= 15 is 0 Å². The number of amides is 1. The van der Waals surface area contributed by atoms with E-state index in [9.17, 15) is 14.7 Å². The molecule has 0 saturated carbocycles. The van der Waals surface area contributed by atoms with Gasteiger partial charge in [0, 0.05) is 18.8 Å². The van der Waals surface area contributed by atoms with Crippen LogP contribution in [-0.4, -0.2) is 22.0 Å². The average Bonchev–Trinajstić information content (AvgIpc) is 2.45. The molecular formula is C15H22N2O3. The van der Waals surface area contributed by atoms with Crippen LogP contribution in [0, 0.1) is 5.41 Å². The molecule has 0 aliphatic carbocycles. The molecule has 1 rings (SSSR count). The molecule has 5 nitrogen and oxygen atoms in total. The third-order valence-electron chi connectivity index (χ3n) is 3.87. The third kappa shape index (κ3) is 3.79. The third-order valence-corrected chi connectivity index (χ3v) is 3.87. The van der Waals surface area contributed by atoms with Crippen LogP contribution in [0.25, 0.3) is 0 Å². The van der Waals surface area contributed by atoms with Crippen LogP contribution in [0.3, 0.4) is 0 Å². The fourth-order valence-electron chi connectivity index (χ4n) is 2.19. The van der Waals surface area contributed by atoms with Gasteiger partial charge in [-0.15, -0.1) is 0 Å². The number of carbonyl (C=O) groups is 2. The lowest BCUT2D eigenvalue weighted by Gasteiger charge is -2.26. The first-order valence-corrected chi connectivity index (χ1v) is 6.88. The molecule has 0 aromatic carbocycles. The number of hydrogen-bond donors (Lipinski definition) is 2. The summed E-state index contributed by atoms with van der Waals surface area (Å²) in [6, 6.07) is 3.50. The van der Waals surface area contributed by atoms with E-state index in [0.717, 1.165) is 5.56 Å². The normalized spacial score (nSPS) is 12.8. The number of pyridine rings is 1. The zero-order valence-corrected chi connectivity index (χ0v) is 12.2. The van der Waals surface area contributed by atoms with Gasteiger partial charge in [0.1, 0.15) is 0 Å². The molecule has 0 fully saturated rings. The molecule has 0 bridgehead atoms. The van der Waals surface area contributed by atoms with Crippen molar-refractivity contribution in [1.29, 1.82) is 0 Å². The highest BCUT2D eigenvalue weighted by Crippen LogP contribution is 2.31. The van der Waals surface area contributed by atoms with Crippen LogP contribution in [0.15, 0.2) is 24.5 Å². The Morgan fingerprint density at radius 1 is 1.40 bits per heavy atom. The summed E-state index contributed by atoms with van der Waals surface area (Å²) in [6.45, 7) is 5.46. The van der Waals surface area contributed by atoms with E-state index in [1.807, 2.05) is 13.0 Å². The predicted molar refractivity (Wildman–Crippen MR) is 76.1 cm³/mol. The van der Waals surface area contributed by atoms with Crippen molar-refractivity contribution in [2.75, 3.05) is 0 Å². The maximum atomic E-state index is 12.1. The topological polar surface area (TPSA) is 79.3 Å². The second-order valence-electron chi connectivity index (χ2n) is 5.04. The van der Waals surface area contributed by atoms with E-state index in [1.54, 1.807) is 32.3 Å². The van der Waals surface area contributed by atoms with Crippen molar-refractivity contribution in [1.82, 2.24) is 10.3 Å². The predicted octanol–water partition coefficient (Wildman–Crippen LogP) is 2.54. The van der Waals surface area contributed by atoms with Crippen molar-refractivity contribution in [3.63, 3.8) is 0 Å². The first-order chi connectivity index (χ1) is 9.45. The van der Waals surface area contributed by atoms with Gasteiger partial charge in [0.15, 0.2) is 0 Å². The quantitative estimate of drug-likeness (QED) is 0.803. The largest absolute Gasteiger partial charge is 0.481 e. The van der Waals surface area contributed by atoms with Gasteiger partial charge in [-0.05, 0) is 31.4 Å². The highest BCUT2D eigenvalue weighted by atomic mass is 16.4. The maximum absolute atomic E-state index is 12.1. The zero-order valence-electron chi connectivity index (χ0n) is 12.2. The minimum atomic E-state index is -0.973. The number of carbonyl (C=O) groups excluding carboxylic acids is 1. The summed E-state index contributed by atoms with van der Waals surface area (Å²) in [6.07, 6.45) is 4.23. The van der Waals surface area contributed by atoms with Gasteiger partial charge in [-0.2, -0.15) is 0 Å².